The first-order valence-electron chi connectivity index (χ1n) is 3.15. The van der Waals surface area contributed by atoms with E-state index in [4.69, 9.17) is 20.7 Å². The Kier molecular flexibility index (Phi) is 1.97. The summed E-state index contributed by atoms with van der Waals surface area (Å²) < 4.78 is 0. The highest BCUT2D eigenvalue weighted by atomic mass is 16.3. The van der Waals surface area contributed by atoms with E-state index in [0.717, 1.165) is 6.08 Å². The molecule has 0 spiro atoms. The molecule has 0 aromatic heterocycles. The number of Topliss-reactive ketones (excluding diaryl/α,β-unsaturated/α-hetero) is 1. The minimum absolute atomic E-state index is 0.0305. The Hall–Kier alpha value is -1.62. The summed E-state index contributed by atoms with van der Waals surface area (Å²) in [5.74, 6) is -2.48. The molecule has 0 saturated heterocycles. The Bertz CT molecular complexity index is 313. The maximum atomic E-state index is 10.8. The van der Waals surface area contributed by atoms with Crippen LogP contribution in [0.4, 0.5) is 0 Å². The van der Waals surface area contributed by atoms with E-state index in [1.54, 1.807) is 0 Å². The van der Waals surface area contributed by atoms with E-state index in [-0.39, 0.29) is 5.57 Å². The summed E-state index contributed by atoms with van der Waals surface area (Å²) in [5, 5.41) is 33.5. The van der Waals surface area contributed by atoms with Crippen LogP contribution in [0.3, 0.4) is 0 Å². The standard InChI is InChI=1S/C7H7NO4/c8-4-1-3(2-9)5(10)7(12)6(4)11/h1,8-10,12H,2H2. The van der Waals surface area contributed by atoms with Crippen molar-refractivity contribution in [2.75, 3.05) is 6.61 Å². The summed E-state index contributed by atoms with van der Waals surface area (Å²) in [6.45, 7) is -0.522. The quantitative estimate of drug-likeness (QED) is 0.409. The fourth-order valence-corrected chi connectivity index (χ4v) is 0.816. The lowest BCUT2D eigenvalue weighted by atomic mass is 10.0. The van der Waals surface area contributed by atoms with Crippen LogP contribution in [-0.4, -0.2) is 33.4 Å². The summed E-state index contributed by atoms with van der Waals surface area (Å²) in [5.41, 5.74) is -0.480. The third-order valence-corrected chi connectivity index (χ3v) is 1.48. The average Bonchev–Trinajstić information content (AvgIpc) is 2.08. The molecular weight excluding hydrogens is 162 g/mol. The Morgan fingerprint density at radius 3 is 2.42 bits per heavy atom. The molecule has 1 rings (SSSR count). The van der Waals surface area contributed by atoms with Crippen molar-refractivity contribution in [1.82, 2.24) is 0 Å². The van der Waals surface area contributed by atoms with E-state index >= 15 is 0 Å². The SMILES string of the molecule is N=C1C=C(CO)C(O)=C(O)C1=O. The van der Waals surface area contributed by atoms with Gasteiger partial charge in [-0.05, 0) is 6.08 Å². The van der Waals surface area contributed by atoms with Crippen LogP contribution in [0.2, 0.25) is 0 Å². The van der Waals surface area contributed by atoms with E-state index < -0.39 is 29.6 Å². The largest absolute Gasteiger partial charge is 0.504 e. The van der Waals surface area contributed by atoms with Gasteiger partial charge in [-0.1, -0.05) is 0 Å². The first kappa shape index (κ1) is 8.48. The predicted molar refractivity (Wildman–Crippen MR) is 40.2 cm³/mol. The maximum Gasteiger partial charge on any atom is 0.248 e. The number of hydrogen-bond acceptors (Lipinski definition) is 5. The van der Waals surface area contributed by atoms with Crippen LogP contribution in [0.15, 0.2) is 23.2 Å². The fourth-order valence-electron chi connectivity index (χ4n) is 0.816. The molecule has 0 aromatic rings. The van der Waals surface area contributed by atoms with Crippen molar-refractivity contribution < 1.29 is 20.1 Å². The van der Waals surface area contributed by atoms with Crippen LogP contribution in [0.5, 0.6) is 0 Å². The lowest BCUT2D eigenvalue weighted by Crippen LogP contribution is -2.21. The zero-order valence-electron chi connectivity index (χ0n) is 6.03. The molecule has 0 bridgehead atoms. The third kappa shape index (κ3) is 1.10. The molecule has 1 aliphatic carbocycles. The Morgan fingerprint density at radius 1 is 1.33 bits per heavy atom. The van der Waals surface area contributed by atoms with Gasteiger partial charge in [-0.3, -0.25) is 10.2 Å². The topological polar surface area (TPSA) is 102 Å². The Morgan fingerprint density at radius 2 is 1.92 bits per heavy atom. The molecule has 0 heterocycles. The van der Waals surface area contributed by atoms with Gasteiger partial charge in [-0.15, -0.1) is 0 Å². The van der Waals surface area contributed by atoms with Crippen LogP contribution in [0, 0.1) is 5.41 Å². The van der Waals surface area contributed by atoms with E-state index in [0.29, 0.717) is 0 Å². The molecule has 0 fully saturated rings. The zero-order chi connectivity index (χ0) is 9.30. The van der Waals surface area contributed by atoms with Gasteiger partial charge in [0.25, 0.3) is 0 Å². The minimum Gasteiger partial charge on any atom is -0.504 e. The highest BCUT2D eigenvalue weighted by molar-refractivity contribution is 6.49. The van der Waals surface area contributed by atoms with Crippen LogP contribution < -0.4 is 0 Å². The van der Waals surface area contributed by atoms with Crippen molar-refractivity contribution in [2.24, 2.45) is 0 Å². The first-order valence-corrected chi connectivity index (χ1v) is 3.15. The van der Waals surface area contributed by atoms with Crippen molar-refractivity contribution in [1.29, 1.82) is 5.41 Å². The molecule has 0 amide bonds. The molecule has 64 valence electrons. The molecule has 0 atom stereocenters. The molecule has 5 nitrogen and oxygen atoms in total. The first-order chi connectivity index (χ1) is 5.57. The number of rotatable bonds is 1. The molecule has 0 aromatic carbocycles. The van der Waals surface area contributed by atoms with Crippen molar-refractivity contribution in [3.8, 4) is 0 Å². The van der Waals surface area contributed by atoms with Crippen molar-refractivity contribution in [3.63, 3.8) is 0 Å². The molecule has 0 radical (unpaired) electrons. The van der Waals surface area contributed by atoms with Gasteiger partial charge in [0, 0.05) is 5.57 Å². The van der Waals surface area contributed by atoms with Crippen LogP contribution in [0.25, 0.3) is 0 Å². The lowest BCUT2D eigenvalue weighted by Gasteiger charge is -2.10. The van der Waals surface area contributed by atoms with Crippen molar-refractivity contribution in [3.05, 3.63) is 23.2 Å². The average molecular weight is 169 g/mol. The number of ketones is 1. The number of hydrogen-bond donors (Lipinski definition) is 4. The second-order valence-electron chi connectivity index (χ2n) is 2.27. The molecule has 5 heteroatoms. The minimum atomic E-state index is -0.940. The number of allylic oxidation sites excluding steroid dienone is 2. The maximum absolute atomic E-state index is 10.8. The molecule has 0 saturated carbocycles. The third-order valence-electron chi connectivity index (χ3n) is 1.48. The summed E-state index contributed by atoms with van der Waals surface area (Å²) in [6.07, 6.45) is 1.01. The van der Waals surface area contributed by atoms with Gasteiger partial charge in [0.15, 0.2) is 5.76 Å². The second-order valence-corrected chi connectivity index (χ2v) is 2.27. The molecule has 1 aliphatic rings. The van der Waals surface area contributed by atoms with Gasteiger partial charge < -0.3 is 15.3 Å². The van der Waals surface area contributed by atoms with Gasteiger partial charge in [0.1, 0.15) is 5.71 Å². The second kappa shape index (κ2) is 2.78. The van der Waals surface area contributed by atoms with Gasteiger partial charge in [-0.2, -0.15) is 0 Å². The summed E-state index contributed by atoms with van der Waals surface area (Å²) in [4.78, 5) is 10.8. The normalized spacial score (nSPS) is 18.2. The number of aliphatic hydroxyl groups is 3. The number of carbonyl (C=O) groups is 1. The van der Waals surface area contributed by atoms with Crippen LogP contribution in [0.1, 0.15) is 0 Å². The molecule has 0 unspecified atom stereocenters. The monoisotopic (exact) mass is 169 g/mol. The van der Waals surface area contributed by atoms with Crippen molar-refractivity contribution >= 4 is 11.5 Å². The van der Waals surface area contributed by atoms with Crippen LogP contribution in [-0.2, 0) is 4.79 Å². The number of nitrogens with one attached hydrogen (secondary N) is 1. The number of carbonyl (C=O) groups excluding carboxylic acids is 1. The smallest absolute Gasteiger partial charge is 0.248 e. The molecule has 12 heavy (non-hydrogen) atoms. The van der Waals surface area contributed by atoms with Gasteiger partial charge in [0.2, 0.25) is 11.5 Å². The van der Waals surface area contributed by atoms with E-state index in [9.17, 15) is 4.79 Å². The molecule has 0 aliphatic heterocycles. The van der Waals surface area contributed by atoms with E-state index in [1.807, 2.05) is 0 Å². The molecular formula is C7H7NO4. The van der Waals surface area contributed by atoms with Gasteiger partial charge >= 0.3 is 0 Å². The zero-order valence-corrected chi connectivity index (χ0v) is 6.03. The van der Waals surface area contributed by atoms with Gasteiger partial charge in [0.05, 0.1) is 6.61 Å². The van der Waals surface area contributed by atoms with E-state index in [1.165, 1.54) is 0 Å². The molecule has 4 N–H and O–H groups in total. The lowest BCUT2D eigenvalue weighted by molar-refractivity contribution is -0.112. The Labute approximate surface area is 67.8 Å². The van der Waals surface area contributed by atoms with Crippen molar-refractivity contribution in [2.45, 2.75) is 0 Å². The fraction of sp³-hybridized carbons (Fsp3) is 0.143. The van der Waals surface area contributed by atoms with Gasteiger partial charge in [-0.25, -0.2) is 0 Å². The highest BCUT2D eigenvalue weighted by Crippen LogP contribution is 2.16. The summed E-state index contributed by atoms with van der Waals surface area (Å²) in [6, 6.07) is 0. The predicted octanol–water partition coefficient (Wildman–Crippen LogP) is -0.165. The van der Waals surface area contributed by atoms with E-state index in [2.05, 4.69) is 0 Å². The summed E-state index contributed by atoms with van der Waals surface area (Å²) in [7, 11) is 0. The Balaban J connectivity index is 3.18. The summed E-state index contributed by atoms with van der Waals surface area (Å²) >= 11 is 0. The number of aliphatic hydroxyl groups excluding tert-OH is 3. The highest BCUT2D eigenvalue weighted by Gasteiger charge is 2.25. The van der Waals surface area contributed by atoms with Crippen LogP contribution >= 0.6 is 0 Å².